The summed E-state index contributed by atoms with van der Waals surface area (Å²) in [5.74, 6) is 0.806. The van der Waals surface area contributed by atoms with Gasteiger partial charge in [-0.25, -0.2) is 0 Å². The molecule has 0 atom stereocenters. The van der Waals surface area contributed by atoms with Crippen molar-refractivity contribution >= 4 is 5.69 Å². The van der Waals surface area contributed by atoms with Crippen molar-refractivity contribution in [3.8, 4) is 0 Å². The molecule has 1 aromatic rings. The number of para-hydroxylation sites is 1. The quantitative estimate of drug-likeness (QED) is 0.862. The lowest BCUT2D eigenvalue weighted by Gasteiger charge is -2.27. The van der Waals surface area contributed by atoms with Gasteiger partial charge in [0.05, 0.1) is 0 Å². The number of fused-ring (bicyclic) bond motifs is 1. The standard InChI is InChI=1S/C15H24N2/c1-13(2)7-10-17-11-8-14-5-3-4-6-15(14)16-9-12-17/h3-6,13,16H,7-12H2,1-2H3. The monoisotopic (exact) mass is 232 g/mol. The lowest BCUT2D eigenvalue weighted by Crippen LogP contribution is -2.34. The van der Waals surface area contributed by atoms with Gasteiger partial charge in [0.15, 0.2) is 0 Å². The van der Waals surface area contributed by atoms with Gasteiger partial charge in [0.2, 0.25) is 0 Å². The largest absolute Gasteiger partial charge is 0.384 e. The van der Waals surface area contributed by atoms with Crippen molar-refractivity contribution in [2.45, 2.75) is 26.7 Å². The molecule has 2 rings (SSSR count). The predicted molar refractivity (Wildman–Crippen MR) is 74.5 cm³/mol. The van der Waals surface area contributed by atoms with E-state index in [9.17, 15) is 0 Å². The molecule has 2 nitrogen and oxygen atoms in total. The molecule has 0 bridgehead atoms. The minimum absolute atomic E-state index is 0.806. The Morgan fingerprint density at radius 2 is 2.06 bits per heavy atom. The van der Waals surface area contributed by atoms with Crippen molar-refractivity contribution in [1.29, 1.82) is 0 Å². The number of hydrogen-bond donors (Lipinski definition) is 1. The molecule has 0 aromatic heterocycles. The third kappa shape index (κ3) is 3.74. The molecule has 0 saturated heterocycles. The summed E-state index contributed by atoms with van der Waals surface area (Å²) in [5.41, 5.74) is 2.79. The molecule has 1 aromatic carbocycles. The summed E-state index contributed by atoms with van der Waals surface area (Å²) < 4.78 is 0. The summed E-state index contributed by atoms with van der Waals surface area (Å²) in [6.45, 7) is 9.28. The minimum atomic E-state index is 0.806. The normalized spacial score (nSPS) is 17.1. The maximum absolute atomic E-state index is 3.54. The molecule has 1 N–H and O–H groups in total. The third-order valence-corrected chi connectivity index (χ3v) is 3.48. The molecule has 2 heteroatoms. The summed E-state index contributed by atoms with van der Waals surface area (Å²) in [4.78, 5) is 2.59. The van der Waals surface area contributed by atoms with E-state index in [2.05, 4.69) is 48.3 Å². The van der Waals surface area contributed by atoms with Crippen molar-refractivity contribution in [3.05, 3.63) is 29.8 Å². The molecule has 17 heavy (non-hydrogen) atoms. The van der Waals surface area contributed by atoms with Crippen LogP contribution in [0.5, 0.6) is 0 Å². The van der Waals surface area contributed by atoms with Gasteiger partial charge in [-0.15, -0.1) is 0 Å². The van der Waals surface area contributed by atoms with Gasteiger partial charge in [-0.2, -0.15) is 0 Å². The fourth-order valence-electron chi connectivity index (χ4n) is 2.31. The molecule has 94 valence electrons. The highest BCUT2D eigenvalue weighted by Gasteiger charge is 2.11. The Morgan fingerprint density at radius 3 is 2.88 bits per heavy atom. The number of rotatable bonds is 3. The highest BCUT2D eigenvalue weighted by molar-refractivity contribution is 5.51. The first-order valence-corrected chi connectivity index (χ1v) is 6.80. The van der Waals surface area contributed by atoms with Crippen molar-refractivity contribution in [2.24, 2.45) is 5.92 Å². The van der Waals surface area contributed by atoms with Crippen LogP contribution in [-0.4, -0.2) is 31.1 Å². The molecule has 0 saturated carbocycles. The number of nitrogens with one attached hydrogen (secondary N) is 1. The van der Waals surface area contributed by atoms with Gasteiger partial charge in [0, 0.05) is 25.3 Å². The van der Waals surface area contributed by atoms with E-state index in [1.165, 1.54) is 43.7 Å². The van der Waals surface area contributed by atoms with Gasteiger partial charge in [-0.05, 0) is 36.9 Å². The Hall–Kier alpha value is -1.02. The summed E-state index contributed by atoms with van der Waals surface area (Å²) in [6.07, 6.45) is 2.48. The van der Waals surface area contributed by atoms with Crippen molar-refractivity contribution in [1.82, 2.24) is 4.90 Å². The van der Waals surface area contributed by atoms with Crippen LogP contribution in [0.25, 0.3) is 0 Å². The number of benzene rings is 1. The van der Waals surface area contributed by atoms with Crippen molar-refractivity contribution in [2.75, 3.05) is 31.5 Å². The van der Waals surface area contributed by atoms with Crippen LogP contribution in [0.3, 0.4) is 0 Å². The molecule has 0 radical (unpaired) electrons. The zero-order valence-electron chi connectivity index (χ0n) is 11.1. The Kier molecular flexibility index (Phi) is 4.43. The first-order valence-electron chi connectivity index (χ1n) is 6.80. The maximum atomic E-state index is 3.54. The first-order chi connectivity index (χ1) is 8.25. The minimum Gasteiger partial charge on any atom is -0.384 e. The second kappa shape index (κ2) is 6.06. The van der Waals surface area contributed by atoms with Crippen LogP contribution in [0.2, 0.25) is 0 Å². The van der Waals surface area contributed by atoms with Crippen LogP contribution < -0.4 is 5.32 Å². The molecule has 1 heterocycles. The van der Waals surface area contributed by atoms with Crippen LogP contribution in [0.1, 0.15) is 25.8 Å². The molecular formula is C15H24N2. The van der Waals surface area contributed by atoms with Gasteiger partial charge in [0.1, 0.15) is 0 Å². The van der Waals surface area contributed by atoms with E-state index in [4.69, 9.17) is 0 Å². The van der Waals surface area contributed by atoms with Gasteiger partial charge in [-0.3, -0.25) is 0 Å². The van der Waals surface area contributed by atoms with E-state index < -0.39 is 0 Å². The highest BCUT2D eigenvalue weighted by Crippen LogP contribution is 2.17. The van der Waals surface area contributed by atoms with Gasteiger partial charge < -0.3 is 10.2 Å². The van der Waals surface area contributed by atoms with Crippen LogP contribution in [0, 0.1) is 5.92 Å². The lowest BCUT2D eigenvalue weighted by atomic mass is 10.1. The Balaban J connectivity index is 1.92. The smallest absolute Gasteiger partial charge is 0.0373 e. The van der Waals surface area contributed by atoms with Gasteiger partial charge in [0.25, 0.3) is 0 Å². The third-order valence-electron chi connectivity index (χ3n) is 3.48. The number of hydrogen-bond acceptors (Lipinski definition) is 2. The zero-order chi connectivity index (χ0) is 12.1. The highest BCUT2D eigenvalue weighted by atomic mass is 15.1. The number of nitrogens with zero attached hydrogens (tertiary/aromatic N) is 1. The fourth-order valence-corrected chi connectivity index (χ4v) is 2.31. The molecule has 1 aliphatic rings. The Bertz CT molecular complexity index is 347. The van der Waals surface area contributed by atoms with Crippen LogP contribution in [-0.2, 0) is 6.42 Å². The average Bonchev–Trinajstić information content (AvgIpc) is 2.29. The Morgan fingerprint density at radius 1 is 1.24 bits per heavy atom. The van der Waals surface area contributed by atoms with Crippen LogP contribution in [0.15, 0.2) is 24.3 Å². The van der Waals surface area contributed by atoms with E-state index in [0.29, 0.717) is 0 Å². The first kappa shape index (κ1) is 12.4. The van der Waals surface area contributed by atoms with Gasteiger partial charge >= 0.3 is 0 Å². The maximum Gasteiger partial charge on any atom is 0.0373 e. The van der Waals surface area contributed by atoms with E-state index in [0.717, 1.165) is 12.5 Å². The summed E-state index contributed by atoms with van der Waals surface area (Å²) in [6, 6.07) is 8.69. The second-order valence-electron chi connectivity index (χ2n) is 5.36. The molecule has 0 spiro atoms. The molecule has 0 unspecified atom stereocenters. The average molecular weight is 232 g/mol. The van der Waals surface area contributed by atoms with Gasteiger partial charge in [-0.1, -0.05) is 32.0 Å². The van der Waals surface area contributed by atoms with E-state index in [1.54, 1.807) is 0 Å². The van der Waals surface area contributed by atoms with E-state index in [-0.39, 0.29) is 0 Å². The molecule has 0 aliphatic carbocycles. The summed E-state index contributed by atoms with van der Waals surface area (Å²) >= 11 is 0. The van der Waals surface area contributed by atoms with E-state index in [1.807, 2.05) is 0 Å². The zero-order valence-corrected chi connectivity index (χ0v) is 11.1. The number of anilines is 1. The molecule has 0 amide bonds. The topological polar surface area (TPSA) is 15.3 Å². The second-order valence-corrected chi connectivity index (χ2v) is 5.36. The predicted octanol–water partition coefficient (Wildman–Crippen LogP) is 3.00. The molecular weight excluding hydrogens is 208 g/mol. The van der Waals surface area contributed by atoms with E-state index >= 15 is 0 Å². The van der Waals surface area contributed by atoms with Crippen LogP contribution in [0.4, 0.5) is 5.69 Å². The molecule has 0 fully saturated rings. The molecule has 1 aliphatic heterocycles. The summed E-state index contributed by atoms with van der Waals surface area (Å²) in [5, 5.41) is 3.54. The SMILES string of the molecule is CC(C)CCN1CCNc2ccccc2CC1. The Labute approximate surface area is 105 Å². The van der Waals surface area contributed by atoms with Crippen molar-refractivity contribution < 1.29 is 0 Å². The van der Waals surface area contributed by atoms with Crippen LogP contribution >= 0.6 is 0 Å². The fraction of sp³-hybridized carbons (Fsp3) is 0.600. The van der Waals surface area contributed by atoms with Crippen molar-refractivity contribution in [3.63, 3.8) is 0 Å². The summed E-state index contributed by atoms with van der Waals surface area (Å²) in [7, 11) is 0. The lowest BCUT2D eigenvalue weighted by molar-refractivity contribution is 0.268.